The van der Waals surface area contributed by atoms with Gasteiger partial charge in [0.25, 0.3) is 0 Å². The van der Waals surface area contributed by atoms with E-state index in [1.807, 2.05) is 18.6 Å². The highest BCUT2D eigenvalue weighted by molar-refractivity contribution is 7.92. The van der Waals surface area contributed by atoms with Crippen LogP contribution in [0.2, 0.25) is 0 Å². The van der Waals surface area contributed by atoms with Gasteiger partial charge in [-0.05, 0) is 18.6 Å². The van der Waals surface area contributed by atoms with Crippen molar-refractivity contribution in [2.24, 2.45) is 0 Å². The van der Waals surface area contributed by atoms with Crippen LogP contribution in [0.3, 0.4) is 0 Å². The fourth-order valence-corrected chi connectivity index (χ4v) is 2.41. The molecule has 1 aromatic carbocycles. The normalized spacial score (nSPS) is 11.9. The zero-order valence-corrected chi connectivity index (χ0v) is 11.9. The van der Waals surface area contributed by atoms with Crippen molar-refractivity contribution in [1.29, 1.82) is 0 Å². The minimum absolute atomic E-state index is 0.127. The Labute approximate surface area is 112 Å². The van der Waals surface area contributed by atoms with Gasteiger partial charge in [-0.25, -0.2) is 17.2 Å². The topological polar surface area (TPSA) is 58.2 Å². The van der Waals surface area contributed by atoms with E-state index in [1.54, 1.807) is 0 Å². The van der Waals surface area contributed by atoms with E-state index < -0.39 is 21.7 Å². The molecule has 2 N–H and O–H groups in total. The summed E-state index contributed by atoms with van der Waals surface area (Å²) in [5.74, 6) is -1.65. The highest BCUT2D eigenvalue weighted by Gasteiger charge is 2.15. The van der Waals surface area contributed by atoms with Crippen molar-refractivity contribution in [3.05, 3.63) is 29.3 Å². The van der Waals surface area contributed by atoms with E-state index in [4.69, 9.17) is 0 Å². The third kappa shape index (κ3) is 5.12. The standard InChI is InChI=1S/C12H18F2N2O2S/c1-8(2)15-4-5-19(17,18)16-12-7-10(13)9(3)6-11(12)14/h6-8,15-16H,4-5H2,1-3H3. The summed E-state index contributed by atoms with van der Waals surface area (Å²) in [7, 11) is -3.70. The molecule has 0 saturated heterocycles. The van der Waals surface area contributed by atoms with Gasteiger partial charge in [0, 0.05) is 18.7 Å². The average Bonchev–Trinajstić information content (AvgIpc) is 2.24. The van der Waals surface area contributed by atoms with Crippen LogP contribution in [-0.2, 0) is 10.0 Å². The van der Waals surface area contributed by atoms with Crippen molar-refractivity contribution >= 4 is 15.7 Å². The number of benzene rings is 1. The molecule has 0 aliphatic carbocycles. The highest BCUT2D eigenvalue weighted by atomic mass is 32.2. The Morgan fingerprint density at radius 1 is 1.21 bits per heavy atom. The number of rotatable bonds is 6. The second-order valence-corrected chi connectivity index (χ2v) is 6.45. The number of aryl methyl sites for hydroxylation is 1. The molecule has 7 heteroatoms. The maximum atomic E-state index is 13.5. The summed E-state index contributed by atoms with van der Waals surface area (Å²) in [6.07, 6.45) is 0. The van der Waals surface area contributed by atoms with Crippen molar-refractivity contribution in [2.45, 2.75) is 26.8 Å². The van der Waals surface area contributed by atoms with Crippen molar-refractivity contribution in [3.63, 3.8) is 0 Å². The number of halogens is 2. The molecule has 0 amide bonds. The molecule has 4 nitrogen and oxygen atoms in total. The van der Waals surface area contributed by atoms with Crippen LogP contribution in [0.4, 0.5) is 14.5 Å². The molecule has 0 unspecified atom stereocenters. The van der Waals surface area contributed by atoms with Crippen LogP contribution in [0.1, 0.15) is 19.4 Å². The third-order valence-corrected chi connectivity index (χ3v) is 3.71. The fourth-order valence-electron chi connectivity index (χ4n) is 1.43. The number of nitrogens with one attached hydrogen (secondary N) is 2. The van der Waals surface area contributed by atoms with E-state index in [1.165, 1.54) is 6.92 Å². The Bertz CT molecular complexity index is 545. The van der Waals surface area contributed by atoms with Gasteiger partial charge in [0.05, 0.1) is 11.4 Å². The number of anilines is 1. The van der Waals surface area contributed by atoms with Crippen molar-refractivity contribution < 1.29 is 17.2 Å². The van der Waals surface area contributed by atoms with Crippen LogP contribution < -0.4 is 10.0 Å². The molecular formula is C12H18F2N2O2S. The summed E-state index contributed by atoms with van der Waals surface area (Å²) in [4.78, 5) is 0. The Hall–Kier alpha value is -1.21. The van der Waals surface area contributed by atoms with Crippen LogP contribution in [-0.4, -0.2) is 26.8 Å². The molecule has 108 valence electrons. The van der Waals surface area contributed by atoms with Crippen molar-refractivity contribution in [1.82, 2.24) is 5.32 Å². The molecule has 1 rings (SSSR count). The zero-order valence-electron chi connectivity index (χ0n) is 11.1. The molecule has 0 saturated carbocycles. The quantitative estimate of drug-likeness (QED) is 0.843. The second-order valence-electron chi connectivity index (χ2n) is 4.61. The lowest BCUT2D eigenvalue weighted by atomic mass is 10.2. The van der Waals surface area contributed by atoms with Gasteiger partial charge < -0.3 is 5.32 Å². The SMILES string of the molecule is Cc1cc(F)c(NS(=O)(=O)CCNC(C)C)cc1F. The van der Waals surface area contributed by atoms with Crippen LogP contribution in [0.25, 0.3) is 0 Å². The molecule has 0 fully saturated rings. The van der Waals surface area contributed by atoms with Gasteiger partial charge >= 0.3 is 0 Å². The summed E-state index contributed by atoms with van der Waals surface area (Å²) in [5, 5.41) is 2.94. The number of hydrogen-bond donors (Lipinski definition) is 2. The molecule has 1 aromatic rings. The first-order chi connectivity index (χ1) is 8.71. The predicted molar refractivity (Wildman–Crippen MR) is 71.6 cm³/mol. The van der Waals surface area contributed by atoms with Gasteiger partial charge in [-0.3, -0.25) is 4.72 Å². The molecule has 0 heterocycles. The van der Waals surface area contributed by atoms with Crippen molar-refractivity contribution in [3.8, 4) is 0 Å². The smallest absolute Gasteiger partial charge is 0.234 e. The molecule has 0 aromatic heterocycles. The lowest BCUT2D eigenvalue weighted by Crippen LogP contribution is -2.31. The molecule has 19 heavy (non-hydrogen) atoms. The first-order valence-corrected chi connectivity index (χ1v) is 7.56. The van der Waals surface area contributed by atoms with Crippen LogP contribution in [0, 0.1) is 18.6 Å². The van der Waals surface area contributed by atoms with E-state index in [2.05, 4.69) is 5.32 Å². The largest absolute Gasteiger partial charge is 0.313 e. The predicted octanol–water partition coefficient (Wildman–Crippen LogP) is 2.01. The van der Waals surface area contributed by atoms with E-state index >= 15 is 0 Å². The summed E-state index contributed by atoms with van der Waals surface area (Å²) in [6.45, 7) is 5.41. The fraction of sp³-hybridized carbons (Fsp3) is 0.500. The Morgan fingerprint density at radius 3 is 2.42 bits per heavy atom. The molecule has 0 spiro atoms. The molecular weight excluding hydrogens is 274 g/mol. The maximum absolute atomic E-state index is 13.5. The summed E-state index contributed by atoms with van der Waals surface area (Å²) >= 11 is 0. The Morgan fingerprint density at radius 2 is 1.84 bits per heavy atom. The minimum atomic E-state index is -3.70. The molecule has 0 bridgehead atoms. The molecule has 0 radical (unpaired) electrons. The van der Waals surface area contributed by atoms with Gasteiger partial charge in [0.1, 0.15) is 11.6 Å². The van der Waals surface area contributed by atoms with Gasteiger partial charge in [-0.2, -0.15) is 0 Å². The average molecular weight is 292 g/mol. The first kappa shape index (κ1) is 15.8. The van der Waals surface area contributed by atoms with E-state index in [0.29, 0.717) is 0 Å². The number of sulfonamides is 1. The van der Waals surface area contributed by atoms with E-state index in [-0.39, 0.29) is 29.6 Å². The van der Waals surface area contributed by atoms with Crippen LogP contribution >= 0.6 is 0 Å². The van der Waals surface area contributed by atoms with E-state index in [0.717, 1.165) is 12.1 Å². The third-order valence-electron chi connectivity index (χ3n) is 2.44. The van der Waals surface area contributed by atoms with Gasteiger partial charge in [-0.15, -0.1) is 0 Å². The van der Waals surface area contributed by atoms with Gasteiger partial charge in [0.2, 0.25) is 10.0 Å². The van der Waals surface area contributed by atoms with Gasteiger partial charge in [-0.1, -0.05) is 13.8 Å². The lowest BCUT2D eigenvalue weighted by molar-refractivity contribution is 0.579. The Balaban J connectivity index is 2.76. The summed E-state index contributed by atoms with van der Waals surface area (Å²) in [5.41, 5.74) is -0.241. The molecule has 0 atom stereocenters. The minimum Gasteiger partial charge on any atom is -0.313 e. The first-order valence-electron chi connectivity index (χ1n) is 5.91. The molecule has 0 aliphatic rings. The van der Waals surface area contributed by atoms with Crippen molar-refractivity contribution in [2.75, 3.05) is 17.0 Å². The second kappa shape index (κ2) is 6.29. The molecule has 0 aliphatic heterocycles. The summed E-state index contributed by atoms with van der Waals surface area (Å²) < 4.78 is 52.2. The number of hydrogen-bond acceptors (Lipinski definition) is 3. The van der Waals surface area contributed by atoms with Crippen LogP contribution in [0.15, 0.2) is 12.1 Å². The maximum Gasteiger partial charge on any atom is 0.234 e. The van der Waals surface area contributed by atoms with Crippen LogP contribution in [0.5, 0.6) is 0 Å². The Kier molecular flexibility index (Phi) is 5.25. The highest BCUT2D eigenvalue weighted by Crippen LogP contribution is 2.19. The lowest BCUT2D eigenvalue weighted by Gasteiger charge is -2.11. The zero-order chi connectivity index (χ0) is 14.6. The monoisotopic (exact) mass is 292 g/mol. The van der Waals surface area contributed by atoms with E-state index in [9.17, 15) is 17.2 Å². The summed E-state index contributed by atoms with van der Waals surface area (Å²) in [6, 6.07) is 1.96. The van der Waals surface area contributed by atoms with Gasteiger partial charge in [0.15, 0.2) is 0 Å².